The number of allylic oxidation sites excluding steroid dienone is 3. The van der Waals surface area contributed by atoms with E-state index in [2.05, 4.69) is 65.6 Å². The monoisotopic (exact) mass is 376 g/mol. The van der Waals surface area contributed by atoms with Crippen molar-refractivity contribution in [3.63, 3.8) is 0 Å². The molecule has 2 fully saturated rings. The Morgan fingerprint density at radius 3 is 2.46 bits per heavy atom. The molecule has 3 aliphatic carbocycles. The largest absolute Gasteiger partial charge is 0.414 e. The van der Waals surface area contributed by atoms with Crippen LogP contribution >= 0.6 is 0 Å². The SMILES string of the molecule is C=C[C@]12CC[C@@H](O[Si](C)(C)C(C)(C)C)[C@H]1[C@@H]1C(O)CCC=C[C@]1(C)CC2. The molecule has 148 valence electrons. The van der Waals surface area contributed by atoms with E-state index in [-0.39, 0.29) is 34.0 Å². The molecule has 0 saturated heterocycles. The molecule has 0 spiro atoms. The Kier molecular flexibility index (Phi) is 5.17. The Bertz CT molecular complexity index is 575. The molecule has 2 nitrogen and oxygen atoms in total. The molecule has 0 aliphatic heterocycles. The summed E-state index contributed by atoms with van der Waals surface area (Å²) in [5.74, 6) is 0.677. The summed E-state index contributed by atoms with van der Waals surface area (Å²) in [6.45, 7) is 18.3. The molecule has 0 bridgehead atoms. The van der Waals surface area contributed by atoms with Crippen molar-refractivity contribution < 1.29 is 9.53 Å². The zero-order valence-electron chi connectivity index (χ0n) is 17.8. The highest BCUT2D eigenvalue weighted by atomic mass is 28.4. The van der Waals surface area contributed by atoms with Crippen LogP contribution in [0.5, 0.6) is 0 Å². The van der Waals surface area contributed by atoms with Crippen molar-refractivity contribution in [2.24, 2.45) is 22.7 Å². The Balaban J connectivity index is 1.99. The average Bonchev–Trinajstić information content (AvgIpc) is 2.81. The molecule has 0 heterocycles. The molecule has 3 heteroatoms. The normalized spacial score (nSPS) is 43.5. The van der Waals surface area contributed by atoms with Crippen LogP contribution in [0.1, 0.15) is 66.2 Å². The van der Waals surface area contributed by atoms with Crippen molar-refractivity contribution in [3.05, 3.63) is 24.8 Å². The third-order valence-corrected chi connectivity index (χ3v) is 12.9. The van der Waals surface area contributed by atoms with Gasteiger partial charge in [-0.3, -0.25) is 0 Å². The van der Waals surface area contributed by atoms with Crippen molar-refractivity contribution in [1.82, 2.24) is 0 Å². The van der Waals surface area contributed by atoms with Gasteiger partial charge in [0.25, 0.3) is 0 Å². The highest BCUT2D eigenvalue weighted by Crippen LogP contribution is 2.63. The molecule has 0 radical (unpaired) electrons. The second kappa shape index (κ2) is 6.60. The predicted octanol–water partition coefficient (Wildman–Crippen LogP) is 6.09. The minimum absolute atomic E-state index is 0.0898. The molecule has 2 saturated carbocycles. The molecule has 0 aromatic carbocycles. The Morgan fingerprint density at radius 2 is 1.85 bits per heavy atom. The van der Waals surface area contributed by atoms with Gasteiger partial charge >= 0.3 is 0 Å². The zero-order valence-corrected chi connectivity index (χ0v) is 18.8. The topological polar surface area (TPSA) is 29.5 Å². The molecule has 0 amide bonds. The van der Waals surface area contributed by atoms with Crippen LogP contribution in [0.3, 0.4) is 0 Å². The van der Waals surface area contributed by atoms with E-state index >= 15 is 0 Å². The lowest BCUT2D eigenvalue weighted by Crippen LogP contribution is -2.54. The number of hydrogen-bond donors (Lipinski definition) is 1. The number of fused-ring (bicyclic) bond motifs is 3. The van der Waals surface area contributed by atoms with Gasteiger partial charge in [-0.05, 0) is 79.3 Å². The first kappa shape index (κ1) is 20.4. The van der Waals surface area contributed by atoms with E-state index in [0.717, 1.165) is 25.7 Å². The molecule has 3 aliphatic rings. The lowest BCUT2D eigenvalue weighted by atomic mass is 9.52. The fourth-order valence-corrected chi connectivity index (χ4v) is 7.16. The van der Waals surface area contributed by atoms with Gasteiger partial charge in [0.1, 0.15) is 0 Å². The van der Waals surface area contributed by atoms with Crippen LogP contribution in [0, 0.1) is 22.7 Å². The zero-order chi connectivity index (χ0) is 19.4. The van der Waals surface area contributed by atoms with Crippen LogP contribution < -0.4 is 0 Å². The van der Waals surface area contributed by atoms with Crippen LogP contribution in [0.25, 0.3) is 0 Å². The average molecular weight is 377 g/mol. The van der Waals surface area contributed by atoms with Gasteiger partial charge in [-0.25, -0.2) is 0 Å². The minimum Gasteiger partial charge on any atom is -0.414 e. The summed E-state index contributed by atoms with van der Waals surface area (Å²) in [4.78, 5) is 0. The van der Waals surface area contributed by atoms with Crippen LogP contribution in [-0.2, 0) is 4.43 Å². The third kappa shape index (κ3) is 3.18. The van der Waals surface area contributed by atoms with E-state index in [1.807, 2.05) is 0 Å². The maximum atomic E-state index is 11.2. The second-order valence-corrected chi connectivity index (χ2v) is 15.8. The van der Waals surface area contributed by atoms with Crippen LogP contribution in [-0.4, -0.2) is 25.6 Å². The molecule has 26 heavy (non-hydrogen) atoms. The predicted molar refractivity (Wildman–Crippen MR) is 113 cm³/mol. The fourth-order valence-electron chi connectivity index (χ4n) is 5.79. The molecular formula is C23H40O2Si. The van der Waals surface area contributed by atoms with E-state index in [4.69, 9.17) is 4.43 Å². The summed E-state index contributed by atoms with van der Waals surface area (Å²) in [6, 6.07) is 0. The van der Waals surface area contributed by atoms with Gasteiger partial charge in [-0.2, -0.15) is 0 Å². The lowest BCUT2D eigenvalue weighted by Gasteiger charge is -2.54. The van der Waals surface area contributed by atoms with Crippen molar-refractivity contribution in [2.75, 3.05) is 0 Å². The Hall–Kier alpha value is -0.383. The molecule has 0 aromatic rings. The van der Waals surface area contributed by atoms with Crippen LogP contribution in [0.15, 0.2) is 24.8 Å². The molecule has 1 N–H and O–H groups in total. The quantitative estimate of drug-likeness (QED) is 0.477. The van der Waals surface area contributed by atoms with Gasteiger partial charge < -0.3 is 9.53 Å². The number of rotatable bonds is 3. The first-order chi connectivity index (χ1) is 12.0. The van der Waals surface area contributed by atoms with Crippen molar-refractivity contribution in [2.45, 2.75) is 96.6 Å². The molecular weight excluding hydrogens is 336 g/mol. The summed E-state index contributed by atoms with van der Waals surface area (Å²) >= 11 is 0. The number of aliphatic hydroxyl groups excluding tert-OH is 1. The van der Waals surface area contributed by atoms with E-state index in [0.29, 0.717) is 5.92 Å². The van der Waals surface area contributed by atoms with Crippen LogP contribution in [0.2, 0.25) is 18.1 Å². The summed E-state index contributed by atoms with van der Waals surface area (Å²) in [5, 5.41) is 11.4. The molecule has 6 atom stereocenters. The Labute approximate surface area is 162 Å². The maximum Gasteiger partial charge on any atom is 0.192 e. The van der Waals surface area contributed by atoms with Gasteiger partial charge in [-0.15, -0.1) is 6.58 Å². The minimum atomic E-state index is -1.84. The lowest BCUT2D eigenvalue weighted by molar-refractivity contribution is -0.0857. The molecule has 0 aromatic heterocycles. The summed E-state index contributed by atoms with van der Waals surface area (Å²) in [5.41, 5.74) is 0.239. The molecule has 1 unspecified atom stereocenters. The van der Waals surface area contributed by atoms with Crippen molar-refractivity contribution in [3.8, 4) is 0 Å². The van der Waals surface area contributed by atoms with Gasteiger partial charge in [-0.1, -0.05) is 45.9 Å². The molecule has 3 rings (SSSR count). The standard InChI is InChI=1S/C23H40O2Si/c1-8-23-14-12-18(25-26(6,7)21(2,3)4)20(23)19-17(24)11-9-10-13-22(19,5)15-16-23/h8,10,13,17-20,24H,1,9,11-12,14-16H2,2-7H3/t17?,18-,19+,20+,22-,23-/m1/s1. The van der Waals surface area contributed by atoms with Gasteiger partial charge in [0, 0.05) is 6.10 Å². The second-order valence-electron chi connectivity index (χ2n) is 11.0. The first-order valence-electron chi connectivity index (χ1n) is 10.6. The van der Waals surface area contributed by atoms with E-state index < -0.39 is 8.32 Å². The van der Waals surface area contributed by atoms with E-state index in [1.165, 1.54) is 12.8 Å². The van der Waals surface area contributed by atoms with E-state index in [9.17, 15) is 5.11 Å². The third-order valence-electron chi connectivity index (χ3n) is 8.44. The van der Waals surface area contributed by atoms with E-state index in [1.54, 1.807) is 0 Å². The number of aliphatic hydroxyl groups is 1. The summed E-state index contributed by atoms with van der Waals surface area (Å²) < 4.78 is 7.00. The highest BCUT2D eigenvalue weighted by molar-refractivity contribution is 6.74. The highest BCUT2D eigenvalue weighted by Gasteiger charge is 2.60. The smallest absolute Gasteiger partial charge is 0.192 e. The van der Waals surface area contributed by atoms with Crippen molar-refractivity contribution >= 4 is 8.32 Å². The van der Waals surface area contributed by atoms with Crippen molar-refractivity contribution in [1.29, 1.82) is 0 Å². The van der Waals surface area contributed by atoms with Crippen LogP contribution in [0.4, 0.5) is 0 Å². The Morgan fingerprint density at radius 1 is 1.15 bits per heavy atom. The summed E-state index contributed by atoms with van der Waals surface area (Å²) in [6.07, 6.45) is 13.5. The van der Waals surface area contributed by atoms with Gasteiger partial charge in [0.05, 0.1) is 6.10 Å². The first-order valence-corrected chi connectivity index (χ1v) is 13.5. The van der Waals surface area contributed by atoms with Gasteiger partial charge in [0.2, 0.25) is 0 Å². The van der Waals surface area contributed by atoms with Gasteiger partial charge in [0.15, 0.2) is 8.32 Å². The summed E-state index contributed by atoms with van der Waals surface area (Å²) in [7, 11) is -1.84. The fraction of sp³-hybridized carbons (Fsp3) is 0.826. The number of hydrogen-bond acceptors (Lipinski definition) is 2. The maximum absolute atomic E-state index is 11.2.